The summed E-state index contributed by atoms with van der Waals surface area (Å²) in [4.78, 5) is 10.7. The van der Waals surface area contributed by atoms with Crippen LogP contribution in [0.15, 0.2) is 66.7 Å². The number of ether oxygens (including phenoxy) is 1. The van der Waals surface area contributed by atoms with Crippen molar-refractivity contribution in [2.45, 2.75) is 44.4 Å². The molecule has 3 aromatic carbocycles. The predicted molar refractivity (Wildman–Crippen MR) is 117 cm³/mol. The van der Waals surface area contributed by atoms with Crippen molar-refractivity contribution in [1.82, 2.24) is 0 Å². The number of hydrogen-bond acceptors (Lipinski definition) is 2. The zero-order valence-electron chi connectivity index (χ0n) is 16.9. The lowest BCUT2D eigenvalue weighted by Crippen LogP contribution is -2.09. The Kier molecular flexibility index (Phi) is 5.84. The first-order chi connectivity index (χ1) is 14.1. The molecule has 0 saturated heterocycles. The van der Waals surface area contributed by atoms with Crippen molar-refractivity contribution in [3.63, 3.8) is 0 Å². The lowest BCUT2D eigenvalue weighted by molar-refractivity contribution is -0.139. The standard InChI is InChI=1S/C26H28O3/c1-18(24-11-5-7-20-6-2-3-10-25(20)24)14-19-12-13-22(15-19)21-8-4-9-23(16-21)29-17-26(27)28/h2-11,16,18-19,22H,12-15,17H2,1H3,(H,27,28)/t18-,19+,22+/m0/s1. The minimum absolute atomic E-state index is 0.292. The molecule has 150 valence electrons. The minimum atomic E-state index is -0.946. The molecule has 1 fully saturated rings. The molecule has 1 aliphatic rings. The molecule has 1 aliphatic carbocycles. The fourth-order valence-corrected chi connectivity index (χ4v) is 4.90. The third kappa shape index (κ3) is 4.61. The Morgan fingerprint density at radius 2 is 1.86 bits per heavy atom. The predicted octanol–water partition coefficient (Wildman–Crippen LogP) is 6.38. The maximum atomic E-state index is 10.7. The van der Waals surface area contributed by atoms with E-state index in [2.05, 4.69) is 55.5 Å². The van der Waals surface area contributed by atoms with Crippen molar-refractivity contribution in [3.8, 4) is 5.75 Å². The first-order valence-corrected chi connectivity index (χ1v) is 10.5. The summed E-state index contributed by atoms with van der Waals surface area (Å²) in [7, 11) is 0. The molecule has 0 spiro atoms. The molecule has 1 saturated carbocycles. The van der Waals surface area contributed by atoms with Crippen molar-refractivity contribution in [2.24, 2.45) is 5.92 Å². The largest absolute Gasteiger partial charge is 0.482 e. The smallest absolute Gasteiger partial charge is 0.341 e. The molecule has 0 aliphatic heterocycles. The SMILES string of the molecule is C[C@@H](C[C@H]1CC[C@@H](c2cccc(OCC(=O)O)c2)C1)c1cccc2ccccc12. The van der Waals surface area contributed by atoms with Gasteiger partial charge in [0.15, 0.2) is 6.61 Å². The summed E-state index contributed by atoms with van der Waals surface area (Å²) in [6.07, 6.45) is 4.84. The third-order valence-electron chi connectivity index (χ3n) is 6.27. The number of fused-ring (bicyclic) bond motifs is 1. The fourth-order valence-electron chi connectivity index (χ4n) is 4.90. The molecule has 3 aromatic rings. The molecule has 4 rings (SSSR count). The van der Waals surface area contributed by atoms with Crippen molar-refractivity contribution in [1.29, 1.82) is 0 Å². The Morgan fingerprint density at radius 1 is 1.07 bits per heavy atom. The van der Waals surface area contributed by atoms with Crippen molar-refractivity contribution < 1.29 is 14.6 Å². The summed E-state index contributed by atoms with van der Waals surface area (Å²) in [5.41, 5.74) is 2.73. The first kappa shape index (κ1) is 19.5. The van der Waals surface area contributed by atoms with Crippen LogP contribution in [-0.4, -0.2) is 17.7 Å². The molecule has 0 aromatic heterocycles. The van der Waals surface area contributed by atoms with Crippen molar-refractivity contribution in [3.05, 3.63) is 77.9 Å². The van der Waals surface area contributed by atoms with Crippen molar-refractivity contribution in [2.75, 3.05) is 6.61 Å². The highest BCUT2D eigenvalue weighted by Crippen LogP contribution is 2.43. The number of carbonyl (C=O) groups is 1. The summed E-state index contributed by atoms with van der Waals surface area (Å²) in [5, 5.41) is 11.5. The summed E-state index contributed by atoms with van der Waals surface area (Å²) in [5.74, 6) is 1.50. The van der Waals surface area contributed by atoms with E-state index in [4.69, 9.17) is 9.84 Å². The molecular formula is C26H28O3. The van der Waals surface area contributed by atoms with Gasteiger partial charge in [-0.3, -0.25) is 0 Å². The van der Waals surface area contributed by atoms with Crippen LogP contribution in [0, 0.1) is 5.92 Å². The molecule has 3 heteroatoms. The third-order valence-corrected chi connectivity index (χ3v) is 6.27. The van der Waals surface area contributed by atoms with E-state index in [1.54, 1.807) is 0 Å². The zero-order valence-corrected chi connectivity index (χ0v) is 16.9. The Hall–Kier alpha value is -2.81. The van der Waals surface area contributed by atoms with Gasteiger partial charge in [-0.1, -0.05) is 61.5 Å². The number of aliphatic carboxylic acids is 1. The van der Waals surface area contributed by atoms with Gasteiger partial charge in [-0.15, -0.1) is 0 Å². The Balaban J connectivity index is 1.41. The Morgan fingerprint density at radius 3 is 2.72 bits per heavy atom. The number of carboxylic acid groups (broad SMARTS) is 1. The van der Waals surface area contributed by atoms with Gasteiger partial charge < -0.3 is 9.84 Å². The molecule has 3 atom stereocenters. The maximum absolute atomic E-state index is 10.7. The number of carboxylic acids is 1. The van der Waals surface area contributed by atoms with Crippen LogP contribution < -0.4 is 4.74 Å². The van der Waals surface area contributed by atoms with E-state index in [0.29, 0.717) is 17.6 Å². The molecule has 0 heterocycles. The maximum Gasteiger partial charge on any atom is 0.341 e. The van der Waals surface area contributed by atoms with Gasteiger partial charge in [0, 0.05) is 0 Å². The van der Waals surface area contributed by atoms with Gasteiger partial charge in [0.25, 0.3) is 0 Å². The summed E-state index contributed by atoms with van der Waals surface area (Å²) < 4.78 is 5.36. The van der Waals surface area contributed by atoms with E-state index in [1.807, 2.05) is 18.2 Å². The van der Waals surface area contributed by atoms with Crippen molar-refractivity contribution >= 4 is 16.7 Å². The van der Waals surface area contributed by atoms with Crippen LogP contribution in [0.25, 0.3) is 10.8 Å². The number of rotatable bonds is 7. The minimum Gasteiger partial charge on any atom is -0.482 e. The summed E-state index contributed by atoms with van der Waals surface area (Å²) >= 11 is 0. The average molecular weight is 389 g/mol. The lowest BCUT2D eigenvalue weighted by atomic mass is 9.86. The second-order valence-corrected chi connectivity index (χ2v) is 8.34. The monoisotopic (exact) mass is 388 g/mol. The number of hydrogen-bond donors (Lipinski definition) is 1. The van der Waals surface area contributed by atoms with Gasteiger partial charge >= 0.3 is 5.97 Å². The van der Waals surface area contributed by atoms with Crippen LogP contribution >= 0.6 is 0 Å². The Bertz CT molecular complexity index is 989. The second kappa shape index (κ2) is 8.69. The van der Waals surface area contributed by atoms with Gasteiger partial charge in [0.05, 0.1) is 0 Å². The van der Waals surface area contributed by atoms with Crippen LogP contribution in [0.5, 0.6) is 5.75 Å². The first-order valence-electron chi connectivity index (χ1n) is 10.5. The Labute approximate surface area is 172 Å². The number of benzene rings is 3. The topological polar surface area (TPSA) is 46.5 Å². The van der Waals surface area contributed by atoms with Crippen LogP contribution in [0.4, 0.5) is 0 Å². The molecule has 29 heavy (non-hydrogen) atoms. The zero-order chi connectivity index (χ0) is 20.2. The van der Waals surface area contributed by atoms with E-state index in [9.17, 15) is 4.79 Å². The van der Waals surface area contributed by atoms with Gasteiger partial charge in [-0.2, -0.15) is 0 Å². The van der Waals surface area contributed by atoms with E-state index in [1.165, 1.54) is 47.6 Å². The normalized spacial score (nSPS) is 19.9. The van der Waals surface area contributed by atoms with Gasteiger partial charge in [0.1, 0.15) is 5.75 Å². The van der Waals surface area contributed by atoms with E-state index in [-0.39, 0.29) is 6.61 Å². The highest BCUT2D eigenvalue weighted by molar-refractivity contribution is 5.86. The van der Waals surface area contributed by atoms with Gasteiger partial charge in [-0.25, -0.2) is 4.79 Å². The second-order valence-electron chi connectivity index (χ2n) is 8.34. The molecule has 0 unspecified atom stereocenters. The van der Waals surface area contributed by atoms with E-state index < -0.39 is 5.97 Å². The molecular weight excluding hydrogens is 360 g/mol. The van der Waals surface area contributed by atoms with Crippen LogP contribution in [0.3, 0.4) is 0 Å². The summed E-state index contributed by atoms with van der Waals surface area (Å²) in [6, 6.07) is 23.3. The van der Waals surface area contributed by atoms with Crippen LogP contribution in [-0.2, 0) is 4.79 Å². The highest BCUT2D eigenvalue weighted by atomic mass is 16.5. The van der Waals surface area contributed by atoms with Gasteiger partial charge in [0.2, 0.25) is 0 Å². The molecule has 0 radical (unpaired) electrons. The van der Waals surface area contributed by atoms with E-state index in [0.717, 1.165) is 5.92 Å². The summed E-state index contributed by atoms with van der Waals surface area (Å²) in [6.45, 7) is 2.06. The lowest BCUT2D eigenvalue weighted by Gasteiger charge is -2.19. The van der Waals surface area contributed by atoms with Crippen LogP contribution in [0.2, 0.25) is 0 Å². The van der Waals surface area contributed by atoms with E-state index >= 15 is 0 Å². The molecule has 0 amide bonds. The molecule has 1 N–H and O–H groups in total. The molecule has 0 bridgehead atoms. The fraction of sp³-hybridized carbons (Fsp3) is 0.346. The average Bonchev–Trinajstić information content (AvgIpc) is 3.20. The molecule has 3 nitrogen and oxygen atoms in total. The van der Waals surface area contributed by atoms with Gasteiger partial charge in [-0.05, 0) is 77.5 Å². The quantitative estimate of drug-likeness (QED) is 0.511. The van der Waals surface area contributed by atoms with Crippen LogP contribution in [0.1, 0.15) is 55.6 Å². The highest BCUT2D eigenvalue weighted by Gasteiger charge is 2.28.